The normalized spacial score (nSPS) is 32.9. The van der Waals surface area contributed by atoms with Gasteiger partial charge in [0, 0.05) is 11.9 Å². The first kappa shape index (κ1) is 16.4. The molecule has 0 saturated heterocycles. The average Bonchev–Trinajstić information content (AvgIpc) is 2.78. The molecule has 1 N–H and O–H groups in total. The van der Waals surface area contributed by atoms with Gasteiger partial charge in [-0.2, -0.15) is 0 Å². The fourth-order valence-electron chi connectivity index (χ4n) is 6.50. The summed E-state index contributed by atoms with van der Waals surface area (Å²) in [5.41, 5.74) is 4.96. The molecule has 1 aromatic carbocycles. The van der Waals surface area contributed by atoms with Crippen LogP contribution in [0.15, 0.2) is 42.6 Å². The Balaban J connectivity index is 1.57. The number of benzene rings is 1. The fraction of sp³-hybridized carbons (Fsp3) is 0.542. The van der Waals surface area contributed by atoms with Crippen LogP contribution in [-0.4, -0.2) is 4.98 Å². The lowest BCUT2D eigenvalue weighted by Crippen LogP contribution is -2.46. The third-order valence-electron chi connectivity index (χ3n) is 7.67. The van der Waals surface area contributed by atoms with Gasteiger partial charge in [-0.15, -0.1) is 0 Å². The van der Waals surface area contributed by atoms with Gasteiger partial charge >= 0.3 is 0 Å². The predicted octanol–water partition coefficient (Wildman–Crippen LogP) is 6.25. The Hall–Kier alpha value is -1.83. The second-order valence-electron chi connectivity index (χ2n) is 8.96. The van der Waals surface area contributed by atoms with Gasteiger partial charge in [-0.25, -0.2) is 4.98 Å². The molecule has 0 radical (unpaired) electrons. The first-order chi connectivity index (χ1) is 12.8. The van der Waals surface area contributed by atoms with E-state index in [4.69, 9.17) is 0 Å². The molecule has 2 saturated carbocycles. The molecule has 1 aromatic heterocycles. The summed E-state index contributed by atoms with van der Waals surface area (Å²) in [5, 5.41) is 3.53. The van der Waals surface area contributed by atoms with E-state index in [9.17, 15) is 0 Å². The molecule has 0 amide bonds. The fourth-order valence-corrected chi connectivity index (χ4v) is 6.50. The lowest BCUT2D eigenvalue weighted by molar-refractivity contribution is 0.0854. The Kier molecular flexibility index (Phi) is 4.03. The van der Waals surface area contributed by atoms with E-state index in [2.05, 4.69) is 35.4 Å². The lowest BCUT2D eigenvalue weighted by atomic mass is 9.52. The highest BCUT2D eigenvalue weighted by Gasteiger charge is 2.51. The molecular formula is C24H30N2. The van der Waals surface area contributed by atoms with Crippen molar-refractivity contribution in [3.63, 3.8) is 0 Å². The number of rotatable bonds is 2. The molecule has 3 aliphatic carbocycles. The minimum absolute atomic E-state index is 0.447. The highest BCUT2D eigenvalue weighted by Crippen LogP contribution is 2.58. The van der Waals surface area contributed by atoms with E-state index >= 15 is 0 Å². The van der Waals surface area contributed by atoms with Crippen LogP contribution < -0.4 is 5.32 Å². The standard InChI is InChI=1S/C24H30N2/c1-17-7-6-13-24-12-4-2-8-21(24)20(17)15-18-10-11-19(16-22(18)24)26-23-9-3-5-14-25-23/h3,5,9-11,14,16-17,20-21H,2,4,6-8,12-13,15H2,1H3,(H,25,26)/t17?,20-,21-,24+/m0/s1. The van der Waals surface area contributed by atoms with Gasteiger partial charge in [0.15, 0.2) is 0 Å². The molecule has 4 atom stereocenters. The maximum Gasteiger partial charge on any atom is 0.130 e. The van der Waals surface area contributed by atoms with Gasteiger partial charge in [0.1, 0.15) is 5.82 Å². The van der Waals surface area contributed by atoms with Crippen LogP contribution in [0.25, 0.3) is 0 Å². The molecule has 2 fully saturated rings. The Bertz CT molecular complexity index is 784. The highest BCUT2D eigenvalue weighted by molar-refractivity contribution is 5.60. The quantitative estimate of drug-likeness (QED) is 0.695. The van der Waals surface area contributed by atoms with Crippen LogP contribution in [0.3, 0.4) is 0 Å². The van der Waals surface area contributed by atoms with E-state index in [-0.39, 0.29) is 0 Å². The zero-order chi connectivity index (χ0) is 17.6. The van der Waals surface area contributed by atoms with Crippen molar-refractivity contribution in [2.45, 2.75) is 63.7 Å². The summed E-state index contributed by atoms with van der Waals surface area (Å²) in [6.07, 6.45) is 13.1. The molecule has 5 rings (SSSR count). The van der Waals surface area contributed by atoms with Crippen LogP contribution in [-0.2, 0) is 11.8 Å². The molecule has 1 heterocycles. The number of anilines is 2. The first-order valence-electron chi connectivity index (χ1n) is 10.6. The Morgan fingerprint density at radius 3 is 2.85 bits per heavy atom. The van der Waals surface area contributed by atoms with Gasteiger partial charge < -0.3 is 5.32 Å². The Morgan fingerprint density at radius 1 is 1.04 bits per heavy atom. The SMILES string of the molecule is CC1CCC[C@]23CCCC[C@H]2[C@H]1Cc1ccc(Nc2ccccn2)cc13. The first-order valence-corrected chi connectivity index (χ1v) is 10.6. The summed E-state index contributed by atoms with van der Waals surface area (Å²) in [6, 6.07) is 13.2. The van der Waals surface area contributed by atoms with Crippen LogP contribution in [0.5, 0.6) is 0 Å². The van der Waals surface area contributed by atoms with E-state index in [1.165, 1.54) is 57.1 Å². The summed E-state index contributed by atoms with van der Waals surface area (Å²) in [5.74, 6) is 3.64. The zero-order valence-corrected chi connectivity index (χ0v) is 15.9. The van der Waals surface area contributed by atoms with Gasteiger partial charge in [-0.3, -0.25) is 0 Å². The van der Waals surface area contributed by atoms with Crippen molar-refractivity contribution in [3.8, 4) is 0 Å². The van der Waals surface area contributed by atoms with Crippen molar-refractivity contribution < 1.29 is 0 Å². The van der Waals surface area contributed by atoms with Crippen LogP contribution in [0.1, 0.15) is 63.0 Å². The smallest absolute Gasteiger partial charge is 0.130 e. The number of nitrogens with one attached hydrogen (secondary N) is 1. The number of pyridine rings is 1. The largest absolute Gasteiger partial charge is 0.340 e. The van der Waals surface area contributed by atoms with E-state index in [1.807, 2.05) is 24.4 Å². The number of hydrogen-bond donors (Lipinski definition) is 1. The van der Waals surface area contributed by atoms with Gasteiger partial charge in [0.2, 0.25) is 0 Å². The van der Waals surface area contributed by atoms with E-state index in [1.54, 1.807) is 11.1 Å². The summed E-state index contributed by atoms with van der Waals surface area (Å²) in [7, 11) is 0. The predicted molar refractivity (Wildman–Crippen MR) is 108 cm³/mol. The number of fused-ring (bicyclic) bond motifs is 1. The van der Waals surface area contributed by atoms with E-state index in [0.29, 0.717) is 5.41 Å². The van der Waals surface area contributed by atoms with Crippen LogP contribution in [0.4, 0.5) is 11.5 Å². The summed E-state index contributed by atoms with van der Waals surface area (Å²) in [4.78, 5) is 4.44. The zero-order valence-electron chi connectivity index (χ0n) is 15.9. The monoisotopic (exact) mass is 346 g/mol. The van der Waals surface area contributed by atoms with Crippen molar-refractivity contribution >= 4 is 11.5 Å². The van der Waals surface area contributed by atoms with Crippen molar-refractivity contribution in [2.24, 2.45) is 17.8 Å². The van der Waals surface area contributed by atoms with Crippen LogP contribution in [0, 0.1) is 17.8 Å². The number of aromatic nitrogens is 1. The van der Waals surface area contributed by atoms with Crippen molar-refractivity contribution in [1.82, 2.24) is 4.98 Å². The van der Waals surface area contributed by atoms with Gasteiger partial charge in [-0.05, 0) is 84.2 Å². The van der Waals surface area contributed by atoms with Crippen molar-refractivity contribution in [1.29, 1.82) is 0 Å². The third-order valence-corrected chi connectivity index (χ3v) is 7.67. The molecule has 2 aromatic rings. The molecule has 2 heteroatoms. The minimum atomic E-state index is 0.447. The summed E-state index contributed by atoms with van der Waals surface area (Å²) < 4.78 is 0. The number of hydrogen-bond acceptors (Lipinski definition) is 2. The van der Waals surface area contributed by atoms with E-state index < -0.39 is 0 Å². The average molecular weight is 347 g/mol. The molecule has 0 aliphatic heterocycles. The molecule has 0 spiro atoms. The van der Waals surface area contributed by atoms with Crippen LogP contribution in [0.2, 0.25) is 0 Å². The molecule has 1 unspecified atom stereocenters. The minimum Gasteiger partial charge on any atom is -0.340 e. The molecule has 26 heavy (non-hydrogen) atoms. The molecule has 136 valence electrons. The van der Waals surface area contributed by atoms with Gasteiger partial charge in [0.25, 0.3) is 0 Å². The van der Waals surface area contributed by atoms with Crippen molar-refractivity contribution in [3.05, 3.63) is 53.7 Å². The maximum atomic E-state index is 4.44. The molecule has 2 bridgehead atoms. The van der Waals surface area contributed by atoms with Crippen molar-refractivity contribution in [2.75, 3.05) is 5.32 Å². The van der Waals surface area contributed by atoms with Gasteiger partial charge in [0.05, 0.1) is 0 Å². The van der Waals surface area contributed by atoms with Gasteiger partial charge in [-0.1, -0.05) is 44.7 Å². The Labute approximate surface area is 157 Å². The number of nitrogens with zero attached hydrogens (tertiary/aromatic N) is 1. The topological polar surface area (TPSA) is 24.9 Å². The lowest BCUT2D eigenvalue weighted by Gasteiger charge is -2.52. The molecule has 2 nitrogen and oxygen atoms in total. The summed E-state index contributed by atoms with van der Waals surface area (Å²) >= 11 is 0. The second-order valence-corrected chi connectivity index (χ2v) is 8.96. The second kappa shape index (κ2) is 6.40. The Morgan fingerprint density at radius 2 is 1.96 bits per heavy atom. The maximum absolute atomic E-state index is 4.44. The highest BCUT2D eigenvalue weighted by atomic mass is 15.0. The van der Waals surface area contributed by atoms with Crippen LogP contribution >= 0.6 is 0 Å². The van der Waals surface area contributed by atoms with E-state index in [0.717, 1.165) is 23.6 Å². The molecular weight excluding hydrogens is 316 g/mol. The third kappa shape index (κ3) is 2.57. The molecule has 3 aliphatic rings. The summed E-state index contributed by atoms with van der Waals surface area (Å²) in [6.45, 7) is 2.53.